The number of nitrogens with zero attached hydrogens (tertiary/aromatic N) is 1. The molecule has 1 saturated heterocycles. The van der Waals surface area contributed by atoms with E-state index in [-0.39, 0.29) is 11.2 Å². The highest BCUT2D eigenvalue weighted by Crippen LogP contribution is 2.46. The normalized spacial score (nSPS) is 24.3. The molecule has 5 rings (SSSR count). The summed E-state index contributed by atoms with van der Waals surface area (Å²) < 4.78 is 26.0. The van der Waals surface area contributed by atoms with Gasteiger partial charge in [0.1, 0.15) is 0 Å². The molecule has 0 N–H and O–H groups in total. The number of sulfone groups is 1. The molecule has 0 spiro atoms. The molecule has 6 heteroatoms. The number of thiophene rings is 2. The van der Waals surface area contributed by atoms with Crippen LogP contribution in [0.1, 0.15) is 17.0 Å². The summed E-state index contributed by atoms with van der Waals surface area (Å²) in [7, 11) is -3.22. The molecular weight excluding hydrogens is 370 g/mol. The third kappa shape index (κ3) is 2.51. The average molecular weight is 388 g/mol. The quantitative estimate of drug-likeness (QED) is 0.675. The summed E-state index contributed by atoms with van der Waals surface area (Å²) in [6, 6.07) is 10.1. The molecule has 3 nitrogen and oxygen atoms in total. The van der Waals surface area contributed by atoms with Gasteiger partial charge < -0.3 is 0 Å². The van der Waals surface area contributed by atoms with E-state index in [1.54, 1.807) is 22.7 Å². The fourth-order valence-electron chi connectivity index (χ4n) is 4.10. The third-order valence-corrected chi connectivity index (χ3v) is 8.97. The van der Waals surface area contributed by atoms with Gasteiger partial charge in [-0.15, -0.1) is 0 Å². The molecular formula is C19H17NO2S3. The lowest BCUT2D eigenvalue weighted by molar-refractivity contribution is 0.326. The van der Waals surface area contributed by atoms with Crippen molar-refractivity contribution in [2.45, 2.75) is 22.6 Å². The highest BCUT2D eigenvalue weighted by molar-refractivity contribution is 7.92. The van der Waals surface area contributed by atoms with Crippen molar-refractivity contribution in [1.82, 2.24) is 4.90 Å². The predicted octanol–water partition coefficient (Wildman–Crippen LogP) is 4.23. The molecule has 0 amide bonds. The SMILES string of the molecule is O=S1(=O)c2ccc(-c3ccsc3)cc2[C@@H]2CN(Cc3ccsc3)C[C@H]21. The first-order valence-corrected chi connectivity index (χ1v) is 11.7. The second-order valence-corrected chi connectivity index (χ2v) is 10.5. The molecule has 3 aromatic rings. The van der Waals surface area contributed by atoms with Crippen molar-refractivity contribution in [2.75, 3.05) is 13.1 Å². The first-order valence-electron chi connectivity index (χ1n) is 8.27. The smallest absolute Gasteiger partial charge is 0.183 e. The molecule has 0 aliphatic carbocycles. The lowest BCUT2D eigenvalue weighted by Gasteiger charge is -2.16. The van der Waals surface area contributed by atoms with Crippen molar-refractivity contribution >= 4 is 32.5 Å². The van der Waals surface area contributed by atoms with E-state index in [2.05, 4.69) is 44.6 Å². The Morgan fingerprint density at radius 2 is 1.84 bits per heavy atom. The van der Waals surface area contributed by atoms with Crippen LogP contribution in [0.3, 0.4) is 0 Å². The van der Waals surface area contributed by atoms with E-state index in [9.17, 15) is 8.42 Å². The van der Waals surface area contributed by atoms with E-state index in [0.29, 0.717) is 11.4 Å². The van der Waals surface area contributed by atoms with Crippen LogP contribution >= 0.6 is 22.7 Å². The maximum absolute atomic E-state index is 13.0. The number of likely N-dealkylation sites (tertiary alicyclic amines) is 1. The second kappa shape index (κ2) is 5.77. The molecule has 128 valence electrons. The van der Waals surface area contributed by atoms with Gasteiger partial charge in [-0.3, -0.25) is 4.90 Å². The summed E-state index contributed by atoms with van der Waals surface area (Å²) in [4.78, 5) is 2.84. The maximum atomic E-state index is 13.0. The minimum Gasteiger partial charge on any atom is -0.297 e. The topological polar surface area (TPSA) is 37.4 Å². The van der Waals surface area contributed by atoms with Crippen LogP contribution in [0.25, 0.3) is 11.1 Å². The summed E-state index contributed by atoms with van der Waals surface area (Å²) in [5.74, 6) is 0.0946. The monoisotopic (exact) mass is 387 g/mol. The van der Waals surface area contributed by atoms with E-state index < -0.39 is 9.84 Å². The van der Waals surface area contributed by atoms with Gasteiger partial charge in [0.15, 0.2) is 9.84 Å². The summed E-state index contributed by atoms with van der Waals surface area (Å²) >= 11 is 3.35. The van der Waals surface area contributed by atoms with Crippen molar-refractivity contribution in [3.05, 3.63) is 63.0 Å². The standard InChI is InChI=1S/C19H17NO2S3/c21-25(22)18-2-1-14(15-4-6-24-12-15)7-16(18)17-9-20(10-19(17)25)8-13-3-5-23-11-13/h1-7,11-12,17,19H,8-10H2/t17-,19+/m0/s1. The molecule has 2 aliphatic rings. The molecule has 2 atom stereocenters. The largest absolute Gasteiger partial charge is 0.297 e. The fraction of sp³-hybridized carbons (Fsp3) is 0.263. The Morgan fingerprint density at radius 3 is 2.60 bits per heavy atom. The maximum Gasteiger partial charge on any atom is 0.183 e. The van der Waals surface area contributed by atoms with Crippen molar-refractivity contribution in [1.29, 1.82) is 0 Å². The predicted molar refractivity (Wildman–Crippen MR) is 103 cm³/mol. The summed E-state index contributed by atoms with van der Waals surface area (Å²) in [6.07, 6.45) is 0. The van der Waals surface area contributed by atoms with Crippen LogP contribution in [-0.4, -0.2) is 31.7 Å². The lowest BCUT2D eigenvalue weighted by Crippen LogP contribution is -2.25. The first-order chi connectivity index (χ1) is 12.1. The van der Waals surface area contributed by atoms with E-state index in [0.717, 1.165) is 24.2 Å². The Labute approximate surface area is 155 Å². The van der Waals surface area contributed by atoms with Crippen molar-refractivity contribution < 1.29 is 8.42 Å². The van der Waals surface area contributed by atoms with Crippen molar-refractivity contribution in [2.24, 2.45) is 0 Å². The summed E-state index contributed by atoms with van der Waals surface area (Å²) in [5.41, 5.74) is 4.57. The van der Waals surface area contributed by atoms with E-state index in [4.69, 9.17) is 0 Å². The molecule has 2 aromatic heterocycles. The number of fused-ring (bicyclic) bond motifs is 3. The Balaban J connectivity index is 1.51. The van der Waals surface area contributed by atoms with Gasteiger partial charge >= 0.3 is 0 Å². The lowest BCUT2D eigenvalue weighted by atomic mass is 9.95. The molecule has 25 heavy (non-hydrogen) atoms. The number of hydrogen-bond donors (Lipinski definition) is 0. The van der Waals surface area contributed by atoms with E-state index >= 15 is 0 Å². The molecule has 1 aromatic carbocycles. The summed E-state index contributed by atoms with van der Waals surface area (Å²) in [6.45, 7) is 2.29. The number of rotatable bonds is 3. The molecule has 1 fully saturated rings. The van der Waals surface area contributed by atoms with Crippen LogP contribution in [0, 0.1) is 0 Å². The van der Waals surface area contributed by atoms with Gasteiger partial charge in [-0.05, 0) is 68.0 Å². The third-order valence-electron chi connectivity index (χ3n) is 5.30. The molecule has 0 saturated carbocycles. The minimum absolute atomic E-state index is 0.0946. The van der Waals surface area contributed by atoms with Crippen LogP contribution in [-0.2, 0) is 16.4 Å². The Hall–Kier alpha value is -1.47. The van der Waals surface area contributed by atoms with Gasteiger partial charge in [-0.25, -0.2) is 8.42 Å². The van der Waals surface area contributed by atoms with Crippen molar-refractivity contribution in [3.8, 4) is 11.1 Å². The first kappa shape index (κ1) is 15.8. The summed E-state index contributed by atoms with van der Waals surface area (Å²) in [5, 5.41) is 8.09. The van der Waals surface area contributed by atoms with E-state index in [1.165, 1.54) is 11.1 Å². The Bertz CT molecular complexity index is 1010. The van der Waals surface area contributed by atoms with Crippen LogP contribution in [0.15, 0.2) is 56.7 Å². The van der Waals surface area contributed by atoms with Gasteiger partial charge in [0, 0.05) is 25.6 Å². The van der Waals surface area contributed by atoms with Crippen molar-refractivity contribution in [3.63, 3.8) is 0 Å². The number of hydrogen-bond acceptors (Lipinski definition) is 5. The zero-order valence-electron chi connectivity index (χ0n) is 13.5. The van der Waals surface area contributed by atoms with Crippen LogP contribution in [0.5, 0.6) is 0 Å². The fourth-order valence-corrected chi connectivity index (χ4v) is 7.62. The Morgan fingerprint density at radius 1 is 1.00 bits per heavy atom. The molecule has 2 aliphatic heterocycles. The molecule has 0 unspecified atom stereocenters. The highest BCUT2D eigenvalue weighted by Gasteiger charge is 2.50. The minimum atomic E-state index is -3.22. The second-order valence-electron chi connectivity index (χ2n) is 6.78. The zero-order chi connectivity index (χ0) is 17.0. The van der Waals surface area contributed by atoms with Gasteiger partial charge in [0.2, 0.25) is 0 Å². The van der Waals surface area contributed by atoms with Gasteiger partial charge in [-0.1, -0.05) is 6.07 Å². The highest BCUT2D eigenvalue weighted by atomic mass is 32.2. The van der Waals surface area contributed by atoms with E-state index in [1.807, 2.05) is 12.1 Å². The molecule has 0 bridgehead atoms. The van der Waals surface area contributed by atoms with Crippen LogP contribution < -0.4 is 0 Å². The zero-order valence-corrected chi connectivity index (χ0v) is 15.9. The number of benzene rings is 1. The van der Waals surface area contributed by atoms with Gasteiger partial charge in [0.25, 0.3) is 0 Å². The molecule has 4 heterocycles. The van der Waals surface area contributed by atoms with Crippen LogP contribution in [0.2, 0.25) is 0 Å². The average Bonchev–Trinajstić information content (AvgIpc) is 3.37. The van der Waals surface area contributed by atoms with Gasteiger partial charge in [-0.2, -0.15) is 22.7 Å². The Kier molecular flexibility index (Phi) is 3.64. The molecule has 0 radical (unpaired) electrons. The van der Waals surface area contributed by atoms with Crippen LogP contribution in [0.4, 0.5) is 0 Å². The van der Waals surface area contributed by atoms with Gasteiger partial charge in [0.05, 0.1) is 10.1 Å².